The number of carbonyl (C=O) groups excluding carboxylic acids is 3. The van der Waals surface area contributed by atoms with Gasteiger partial charge in [0.15, 0.2) is 5.54 Å². The zero-order chi connectivity index (χ0) is 32.8. The largest absolute Gasteiger partial charge is 0.352 e. The fourth-order valence-corrected chi connectivity index (χ4v) is 6.55. The number of hydrogen-bond donors (Lipinski definition) is 2. The van der Waals surface area contributed by atoms with E-state index in [1.807, 2.05) is 6.07 Å². The summed E-state index contributed by atoms with van der Waals surface area (Å²) in [7, 11) is 0. The van der Waals surface area contributed by atoms with E-state index in [9.17, 15) is 37.2 Å². The molecule has 1 aliphatic heterocycles. The fourth-order valence-electron chi connectivity index (χ4n) is 6.31. The SMILES string of the molecule is N#Cc1ccnc(N2C(=O)CN(C3CC3)CC2(C(=O)Nc2cc(F)cc(F)c2)[C@@H](C(=O)NC2CC(F)(F)C2)c2ccccc2Cl)c1. The summed E-state index contributed by atoms with van der Waals surface area (Å²) in [6, 6.07) is 12.1. The van der Waals surface area contributed by atoms with E-state index in [2.05, 4.69) is 15.6 Å². The molecular weight excluding hydrogens is 628 g/mol. The molecule has 3 amide bonds. The molecule has 2 N–H and O–H groups in total. The van der Waals surface area contributed by atoms with Crippen LogP contribution in [0.4, 0.5) is 29.1 Å². The van der Waals surface area contributed by atoms with Gasteiger partial charge in [-0.2, -0.15) is 5.26 Å². The Morgan fingerprint density at radius 2 is 1.76 bits per heavy atom. The van der Waals surface area contributed by atoms with E-state index in [1.165, 1.54) is 30.5 Å². The van der Waals surface area contributed by atoms with Gasteiger partial charge in [-0.15, -0.1) is 0 Å². The summed E-state index contributed by atoms with van der Waals surface area (Å²) in [4.78, 5) is 50.6. The van der Waals surface area contributed by atoms with Crippen molar-refractivity contribution in [3.05, 3.63) is 88.6 Å². The standard InChI is InChI=1S/C32H27ClF4N6O3/c33-25-4-2-1-3-24(25)28(29(45)40-22-13-31(36,37)14-22)32(30(46)41-21-11-19(34)10-20(35)12-21)17-42(23-5-6-23)16-27(44)43(32)26-9-18(15-38)7-8-39-26/h1-4,7-12,22-23,28H,5-6,13-14,16-17H2,(H,40,45)(H,41,46)/t28-,32?/m1/s1. The Kier molecular flexibility index (Phi) is 8.20. The van der Waals surface area contributed by atoms with Crippen LogP contribution in [0.2, 0.25) is 5.02 Å². The van der Waals surface area contributed by atoms with Gasteiger partial charge in [0.2, 0.25) is 11.8 Å². The smallest absolute Gasteiger partial charge is 0.253 e. The molecule has 2 atom stereocenters. The van der Waals surface area contributed by atoms with Crippen LogP contribution in [-0.2, 0) is 14.4 Å². The number of carbonyl (C=O) groups is 3. The Labute approximate surface area is 266 Å². The van der Waals surface area contributed by atoms with Crippen LogP contribution >= 0.6 is 11.6 Å². The molecule has 1 unspecified atom stereocenters. The number of anilines is 2. The third-order valence-electron chi connectivity index (χ3n) is 8.50. The van der Waals surface area contributed by atoms with Gasteiger partial charge >= 0.3 is 0 Å². The van der Waals surface area contributed by atoms with Crippen LogP contribution in [0.15, 0.2) is 60.8 Å². The number of alkyl halides is 2. The van der Waals surface area contributed by atoms with Gasteiger partial charge in [-0.3, -0.25) is 24.2 Å². The molecule has 1 aromatic heterocycles. The lowest BCUT2D eigenvalue weighted by molar-refractivity contribution is -0.140. The van der Waals surface area contributed by atoms with Gasteiger partial charge in [0.1, 0.15) is 17.5 Å². The van der Waals surface area contributed by atoms with Crippen molar-refractivity contribution in [3.8, 4) is 6.07 Å². The third kappa shape index (κ3) is 6.02. The van der Waals surface area contributed by atoms with Gasteiger partial charge in [0, 0.05) is 54.4 Å². The van der Waals surface area contributed by atoms with Gasteiger partial charge in [0.25, 0.3) is 11.8 Å². The first-order valence-corrected chi connectivity index (χ1v) is 14.9. The Hall–Kier alpha value is -4.54. The van der Waals surface area contributed by atoms with Gasteiger partial charge in [0.05, 0.1) is 24.1 Å². The molecule has 6 rings (SSSR count). The zero-order valence-corrected chi connectivity index (χ0v) is 24.9. The second-order valence-electron chi connectivity index (χ2n) is 11.8. The van der Waals surface area contributed by atoms with Crippen LogP contribution in [0, 0.1) is 23.0 Å². The maximum atomic E-state index is 14.9. The van der Waals surface area contributed by atoms with Crippen LogP contribution in [-0.4, -0.2) is 64.2 Å². The van der Waals surface area contributed by atoms with E-state index in [0.717, 1.165) is 17.0 Å². The molecule has 238 valence electrons. The maximum absolute atomic E-state index is 14.9. The predicted molar refractivity (Wildman–Crippen MR) is 159 cm³/mol. The van der Waals surface area contributed by atoms with Crippen molar-refractivity contribution in [2.45, 2.75) is 55.1 Å². The molecule has 2 heterocycles. The number of hydrogen-bond acceptors (Lipinski definition) is 6. The summed E-state index contributed by atoms with van der Waals surface area (Å²) >= 11 is 6.66. The quantitative estimate of drug-likeness (QED) is 0.338. The van der Waals surface area contributed by atoms with E-state index < -0.39 is 65.6 Å². The van der Waals surface area contributed by atoms with E-state index in [-0.39, 0.29) is 46.8 Å². The highest BCUT2D eigenvalue weighted by Gasteiger charge is 2.62. The lowest BCUT2D eigenvalue weighted by atomic mass is 9.73. The van der Waals surface area contributed by atoms with Crippen molar-refractivity contribution in [1.29, 1.82) is 5.26 Å². The van der Waals surface area contributed by atoms with Crippen molar-refractivity contribution in [2.75, 3.05) is 23.3 Å². The molecular formula is C32H27ClF4N6O3. The monoisotopic (exact) mass is 654 g/mol. The van der Waals surface area contributed by atoms with Crippen LogP contribution in [0.5, 0.6) is 0 Å². The first-order valence-electron chi connectivity index (χ1n) is 14.5. The molecule has 46 heavy (non-hydrogen) atoms. The number of halogens is 5. The summed E-state index contributed by atoms with van der Waals surface area (Å²) < 4.78 is 56.3. The van der Waals surface area contributed by atoms with E-state index in [0.29, 0.717) is 18.9 Å². The molecule has 2 saturated carbocycles. The minimum Gasteiger partial charge on any atom is -0.352 e. The third-order valence-corrected chi connectivity index (χ3v) is 8.85. The van der Waals surface area contributed by atoms with Gasteiger partial charge in [-0.1, -0.05) is 29.8 Å². The summed E-state index contributed by atoms with van der Waals surface area (Å²) in [6.07, 6.45) is 1.43. The average Bonchev–Trinajstić information content (AvgIpc) is 3.82. The topological polar surface area (TPSA) is 118 Å². The second kappa shape index (κ2) is 12.0. The number of pyridine rings is 1. The maximum Gasteiger partial charge on any atom is 0.253 e. The van der Waals surface area contributed by atoms with Crippen LogP contribution < -0.4 is 15.5 Å². The van der Waals surface area contributed by atoms with E-state index in [1.54, 1.807) is 17.0 Å². The van der Waals surface area contributed by atoms with Crippen LogP contribution in [0.25, 0.3) is 0 Å². The number of rotatable bonds is 8. The van der Waals surface area contributed by atoms with Gasteiger partial charge in [-0.25, -0.2) is 22.5 Å². The normalized spacial score (nSPS) is 22.0. The number of nitrogens with one attached hydrogen (secondary N) is 2. The summed E-state index contributed by atoms with van der Waals surface area (Å²) in [5, 5.41) is 14.8. The lowest BCUT2D eigenvalue weighted by Crippen LogP contribution is -2.74. The van der Waals surface area contributed by atoms with E-state index >= 15 is 0 Å². The lowest BCUT2D eigenvalue weighted by Gasteiger charge is -2.52. The zero-order valence-electron chi connectivity index (χ0n) is 24.2. The molecule has 0 bridgehead atoms. The molecule has 9 nitrogen and oxygen atoms in total. The van der Waals surface area contributed by atoms with Crippen LogP contribution in [0.3, 0.4) is 0 Å². The van der Waals surface area contributed by atoms with Crippen molar-refractivity contribution >= 4 is 40.8 Å². The Morgan fingerprint density at radius 1 is 1.07 bits per heavy atom. The number of nitriles is 1. The average molecular weight is 655 g/mol. The molecule has 3 fully saturated rings. The number of piperazine rings is 1. The minimum absolute atomic E-state index is 0.0419. The Balaban J connectivity index is 1.59. The highest BCUT2D eigenvalue weighted by atomic mass is 35.5. The highest BCUT2D eigenvalue weighted by Crippen LogP contribution is 2.46. The Bertz CT molecular complexity index is 1740. The van der Waals surface area contributed by atoms with Gasteiger partial charge in [-0.05, 0) is 48.7 Å². The number of amides is 3. The fraction of sp³-hybridized carbons (Fsp3) is 0.344. The van der Waals surface area contributed by atoms with Crippen molar-refractivity contribution in [2.24, 2.45) is 0 Å². The molecule has 14 heteroatoms. The van der Waals surface area contributed by atoms with Crippen molar-refractivity contribution in [3.63, 3.8) is 0 Å². The van der Waals surface area contributed by atoms with Crippen molar-refractivity contribution in [1.82, 2.24) is 15.2 Å². The second-order valence-corrected chi connectivity index (χ2v) is 12.2. The molecule has 0 spiro atoms. The molecule has 2 aromatic carbocycles. The number of benzene rings is 2. The first-order chi connectivity index (χ1) is 21.9. The first kappa shape index (κ1) is 31.4. The minimum atomic E-state index is -2.98. The summed E-state index contributed by atoms with van der Waals surface area (Å²) in [5.74, 6) is -9.29. The summed E-state index contributed by atoms with van der Waals surface area (Å²) in [5.41, 5.74) is -2.36. The number of aromatic nitrogens is 1. The molecule has 3 aromatic rings. The predicted octanol–water partition coefficient (Wildman–Crippen LogP) is 4.77. The molecule has 1 saturated heterocycles. The molecule has 3 aliphatic rings. The number of nitrogens with zero attached hydrogens (tertiary/aromatic N) is 4. The van der Waals surface area contributed by atoms with Gasteiger partial charge < -0.3 is 10.6 Å². The molecule has 2 aliphatic carbocycles. The van der Waals surface area contributed by atoms with E-state index in [4.69, 9.17) is 11.6 Å². The Morgan fingerprint density at radius 3 is 2.39 bits per heavy atom. The summed E-state index contributed by atoms with van der Waals surface area (Å²) in [6.45, 7) is -0.436. The van der Waals surface area contributed by atoms with Crippen molar-refractivity contribution < 1.29 is 31.9 Å². The molecule has 0 radical (unpaired) electrons. The van der Waals surface area contributed by atoms with Crippen LogP contribution in [0.1, 0.15) is 42.7 Å². The highest BCUT2D eigenvalue weighted by molar-refractivity contribution is 6.32.